The van der Waals surface area contributed by atoms with E-state index >= 15 is 0 Å². The summed E-state index contributed by atoms with van der Waals surface area (Å²) in [6, 6.07) is 7.42. The van der Waals surface area contributed by atoms with E-state index in [1.54, 1.807) is 0 Å². The third kappa shape index (κ3) is 4.40. The van der Waals surface area contributed by atoms with E-state index < -0.39 is 10.1 Å². The molecule has 0 aliphatic rings. The summed E-state index contributed by atoms with van der Waals surface area (Å²) < 4.78 is 28.9. The number of thiol groups is 1. The first-order chi connectivity index (χ1) is 8.11. The van der Waals surface area contributed by atoms with Crippen LogP contribution in [0.15, 0.2) is 24.3 Å². The van der Waals surface area contributed by atoms with Gasteiger partial charge in [0.15, 0.2) is 0 Å². The van der Waals surface area contributed by atoms with Crippen molar-refractivity contribution in [2.75, 3.05) is 11.5 Å². The minimum atomic E-state index is -3.55. The second-order valence-corrected chi connectivity index (χ2v) is 6.50. The monoisotopic (exact) mass is 313 g/mol. The molecule has 0 spiro atoms. The van der Waals surface area contributed by atoms with E-state index in [9.17, 15) is 8.42 Å². The molecule has 94 valence electrons. The van der Waals surface area contributed by atoms with Gasteiger partial charge in [-0.25, -0.2) is 4.98 Å². The van der Waals surface area contributed by atoms with Gasteiger partial charge in [0.1, 0.15) is 0 Å². The number of hydrogen-bond acceptors (Lipinski definition) is 6. The van der Waals surface area contributed by atoms with Gasteiger partial charge in [0, 0.05) is 0 Å². The standard InChI is InChI=1S/C10H11NO3S3.Na.H/c12-17(13,7-3-6-15)14-10-11-8-4-1-2-5-9(8)16-10;;/h1-2,4-5,15H,3,6-7H2;;/q;+1;-1. The molecule has 0 N–H and O–H groups in total. The molecule has 8 heteroatoms. The van der Waals surface area contributed by atoms with Crippen molar-refractivity contribution in [3.63, 3.8) is 0 Å². The first-order valence-electron chi connectivity index (χ1n) is 4.99. The van der Waals surface area contributed by atoms with Crippen molar-refractivity contribution in [1.29, 1.82) is 0 Å². The molecule has 0 amide bonds. The number of aromatic nitrogens is 1. The summed E-state index contributed by atoms with van der Waals surface area (Å²) in [6.45, 7) is 0. The topological polar surface area (TPSA) is 56.3 Å². The Morgan fingerprint density at radius 3 is 2.78 bits per heavy atom. The summed E-state index contributed by atoms with van der Waals surface area (Å²) >= 11 is 5.19. The number of hydrogen-bond donors (Lipinski definition) is 1. The number of benzene rings is 1. The van der Waals surface area contributed by atoms with Gasteiger partial charge in [0.05, 0.1) is 16.0 Å². The molecular weight excluding hydrogens is 301 g/mol. The fourth-order valence-corrected chi connectivity index (χ4v) is 3.63. The maximum atomic E-state index is 11.5. The van der Waals surface area contributed by atoms with Crippen LogP contribution in [0.2, 0.25) is 0 Å². The molecule has 0 radical (unpaired) electrons. The average molecular weight is 313 g/mol. The van der Waals surface area contributed by atoms with Crippen molar-refractivity contribution < 1.29 is 43.6 Å². The maximum absolute atomic E-state index is 11.5. The van der Waals surface area contributed by atoms with E-state index in [0.717, 1.165) is 10.2 Å². The Morgan fingerprint density at radius 1 is 1.39 bits per heavy atom. The minimum absolute atomic E-state index is 0. The van der Waals surface area contributed by atoms with Crippen LogP contribution in [-0.2, 0) is 10.1 Å². The van der Waals surface area contributed by atoms with Crippen molar-refractivity contribution in [2.45, 2.75) is 6.42 Å². The van der Waals surface area contributed by atoms with Gasteiger partial charge in [-0.2, -0.15) is 21.0 Å². The molecule has 1 aromatic carbocycles. The number of rotatable bonds is 5. The Labute approximate surface area is 139 Å². The summed E-state index contributed by atoms with van der Waals surface area (Å²) in [5.74, 6) is 0.481. The fourth-order valence-electron chi connectivity index (χ4n) is 1.28. The second-order valence-electron chi connectivity index (χ2n) is 3.37. The second kappa shape index (κ2) is 7.12. The third-order valence-electron chi connectivity index (χ3n) is 2.02. The molecule has 1 heterocycles. The molecule has 0 bridgehead atoms. The number of fused-ring (bicyclic) bond motifs is 1. The first kappa shape index (κ1) is 16.3. The predicted molar refractivity (Wildman–Crippen MR) is 73.6 cm³/mol. The molecule has 0 saturated heterocycles. The Balaban J connectivity index is 0.00000162. The molecule has 0 fully saturated rings. The van der Waals surface area contributed by atoms with Gasteiger partial charge >= 0.3 is 39.7 Å². The number of thiazole rings is 1. The molecule has 0 aliphatic heterocycles. The summed E-state index contributed by atoms with van der Waals surface area (Å²) in [4.78, 5) is 4.10. The largest absolute Gasteiger partial charge is 1.00 e. The van der Waals surface area contributed by atoms with Crippen LogP contribution >= 0.6 is 24.0 Å². The van der Waals surface area contributed by atoms with Crippen LogP contribution in [0.1, 0.15) is 7.85 Å². The molecule has 4 nitrogen and oxygen atoms in total. The zero-order valence-corrected chi connectivity index (χ0v) is 14.4. The van der Waals surface area contributed by atoms with E-state index in [2.05, 4.69) is 17.6 Å². The maximum Gasteiger partial charge on any atom is 1.00 e. The molecular formula is C10H12NNaO3S3. The SMILES string of the molecule is O=S(=O)(CCCS)Oc1nc2ccccc2s1.[H-].[Na+]. The van der Waals surface area contributed by atoms with E-state index in [4.69, 9.17) is 4.18 Å². The Hall–Kier alpha value is 0.210. The van der Waals surface area contributed by atoms with Crippen LogP contribution in [0, 0.1) is 0 Å². The van der Waals surface area contributed by atoms with Crippen LogP contribution in [0.5, 0.6) is 5.19 Å². The zero-order valence-electron chi connectivity index (χ0n) is 10.9. The molecule has 0 unspecified atom stereocenters. The molecule has 1 aromatic heterocycles. The molecule has 2 aromatic rings. The van der Waals surface area contributed by atoms with Crippen LogP contribution in [0.25, 0.3) is 10.2 Å². The van der Waals surface area contributed by atoms with Gasteiger partial charge < -0.3 is 5.61 Å². The summed E-state index contributed by atoms with van der Waals surface area (Å²) in [5, 5.41) is 0.172. The normalized spacial score (nSPS) is 11.2. The van der Waals surface area contributed by atoms with Crippen molar-refractivity contribution in [3.05, 3.63) is 24.3 Å². The molecule has 2 rings (SSSR count). The van der Waals surface area contributed by atoms with Crippen LogP contribution < -0.4 is 33.7 Å². The quantitative estimate of drug-likeness (QED) is 0.457. The fraction of sp³-hybridized carbons (Fsp3) is 0.300. The molecule has 0 aliphatic carbocycles. The van der Waals surface area contributed by atoms with Gasteiger partial charge in [-0.3, -0.25) is 0 Å². The summed E-state index contributed by atoms with van der Waals surface area (Å²) in [6.07, 6.45) is 0.469. The van der Waals surface area contributed by atoms with E-state index in [0.29, 0.717) is 12.2 Å². The molecule has 18 heavy (non-hydrogen) atoms. The van der Waals surface area contributed by atoms with Gasteiger partial charge in [0.25, 0.3) is 5.19 Å². The minimum Gasteiger partial charge on any atom is -1.00 e. The van der Waals surface area contributed by atoms with Gasteiger partial charge in [-0.1, -0.05) is 23.5 Å². The van der Waals surface area contributed by atoms with Gasteiger partial charge in [-0.15, -0.1) is 0 Å². The van der Waals surface area contributed by atoms with Gasteiger partial charge in [-0.05, 0) is 24.3 Å². The Bertz CT molecular complexity index is 584. The van der Waals surface area contributed by atoms with Crippen molar-refractivity contribution >= 4 is 44.3 Å². The average Bonchev–Trinajstić information content (AvgIpc) is 2.67. The third-order valence-corrected chi connectivity index (χ3v) is 4.56. The van der Waals surface area contributed by atoms with E-state index in [-0.39, 0.29) is 41.9 Å². The van der Waals surface area contributed by atoms with Gasteiger partial charge in [0.2, 0.25) is 0 Å². The smallest absolute Gasteiger partial charge is 1.00 e. The van der Waals surface area contributed by atoms with Crippen LogP contribution in [0.3, 0.4) is 0 Å². The van der Waals surface area contributed by atoms with Crippen molar-refractivity contribution in [1.82, 2.24) is 4.98 Å². The molecule has 0 saturated carbocycles. The first-order valence-corrected chi connectivity index (χ1v) is 8.02. The summed E-state index contributed by atoms with van der Waals surface area (Å²) in [5.41, 5.74) is 0.747. The van der Waals surface area contributed by atoms with Crippen LogP contribution in [0.4, 0.5) is 0 Å². The Morgan fingerprint density at radius 2 is 2.11 bits per heavy atom. The van der Waals surface area contributed by atoms with E-state index in [1.807, 2.05) is 24.3 Å². The zero-order chi connectivity index (χ0) is 12.3. The molecule has 0 atom stereocenters. The van der Waals surface area contributed by atoms with Crippen molar-refractivity contribution in [3.8, 4) is 5.19 Å². The number of nitrogens with zero attached hydrogens (tertiary/aromatic N) is 1. The number of para-hydroxylation sites is 1. The Kier molecular flexibility index (Phi) is 6.43. The predicted octanol–water partition coefficient (Wildman–Crippen LogP) is -0.559. The van der Waals surface area contributed by atoms with Crippen LogP contribution in [-0.4, -0.2) is 24.9 Å². The van der Waals surface area contributed by atoms with E-state index in [1.165, 1.54) is 11.3 Å². The summed E-state index contributed by atoms with van der Waals surface area (Å²) in [7, 11) is -3.55. The van der Waals surface area contributed by atoms with Crippen molar-refractivity contribution in [2.24, 2.45) is 0 Å².